The molecule has 0 heterocycles. The molecular weight excluding hydrogens is 152 g/mol. The van der Waals surface area contributed by atoms with E-state index >= 15 is 0 Å². The smallest absolute Gasteiger partial charge is 0.0841 e. The van der Waals surface area contributed by atoms with Gasteiger partial charge in [-0.1, -0.05) is 17.7 Å². The first-order valence-electron chi connectivity index (χ1n) is 2.68. The Morgan fingerprint density at radius 1 is 1.44 bits per heavy atom. The van der Waals surface area contributed by atoms with Gasteiger partial charge in [0.2, 0.25) is 0 Å². The van der Waals surface area contributed by atoms with Crippen LogP contribution in [0.3, 0.4) is 0 Å². The lowest BCUT2D eigenvalue weighted by molar-refractivity contribution is 1.47. The molecule has 0 aliphatic heterocycles. The third-order valence-electron chi connectivity index (χ3n) is 1.07. The standard InChI is InChI=1S/C7H7ClS/c1-9-7-4-2-3-6(8)5-7/h2-5H,1H3/p+1. The van der Waals surface area contributed by atoms with Crippen molar-refractivity contribution in [1.29, 1.82) is 0 Å². The van der Waals surface area contributed by atoms with E-state index in [1.807, 2.05) is 18.2 Å². The van der Waals surface area contributed by atoms with Gasteiger partial charge in [0.05, 0.1) is 0 Å². The van der Waals surface area contributed by atoms with Crippen LogP contribution in [0.1, 0.15) is 0 Å². The molecule has 0 bridgehead atoms. The first-order valence-corrected chi connectivity index (χ1v) is 4.40. The van der Waals surface area contributed by atoms with E-state index in [0.717, 1.165) is 5.02 Å². The molecule has 0 radical (unpaired) electrons. The molecule has 1 aromatic rings. The number of hydrogen-bond donors (Lipinski definition) is 0. The second-order valence-electron chi connectivity index (χ2n) is 1.70. The van der Waals surface area contributed by atoms with Gasteiger partial charge in [0.25, 0.3) is 0 Å². The third-order valence-corrected chi connectivity index (χ3v) is 2.10. The average Bonchev–Trinajstić information content (AvgIpc) is 1.88. The Bertz CT molecular complexity index is 198. The maximum absolute atomic E-state index is 5.72. The second kappa shape index (κ2) is 3.14. The van der Waals surface area contributed by atoms with Crippen LogP contribution in [-0.4, -0.2) is 6.26 Å². The molecule has 0 atom stereocenters. The van der Waals surface area contributed by atoms with Crippen molar-refractivity contribution in [2.45, 2.75) is 4.90 Å². The highest BCUT2D eigenvalue weighted by molar-refractivity contribution is 7.77. The SMILES string of the molecule is C[SH+]c1cccc(Cl)c1. The zero-order valence-electron chi connectivity index (χ0n) is 5.13. The molecule has 0 amide bonds. The Morgan fingerprint density at radius 3 is 2.67 bits per heavy atom. The average molecular weight is 160 g/mol. The van der Waals surface area contributed by atoms with Gasteiger partial charge in [-0.05, 0) is 12.1 Å². The number of thiol groups is 1. The molecule has 0 aliphatic carbocycles. The number of hydrogen-bond acceptors (Lipinski definition) is 0. The van der Waals surface area contributed by atoms with Crippen molar-refractivity contribution in [3.63, 3.8) is 0 Å². The summed E-state index contributed by atoms with van der Waals surface area (Å²) in [5.41, 5.74) is 0. The van der Waals surface area contributed by atoms with Crippen LogP contribution in [0.15, 0.2) is 29.2 Å². The summed E-state index contributed by atoms with van der Waals surface area (Å²) in [6.07, 6.45) is 2.09. The first kappa shape index (κ1) is 6.97. The zero-order chi connectivity index (χ0) is 6.69. The molecule has 0 saturated carbocycles. The molecule has 0 saturated heterocycles. The molecule has 2 heteroatoms. The van der Waals surface area contributed by atoms with E-state index in [2.05, 4.69) is 12.3 Å². The van der Waals surface area contributed by atoms with Crippen molar-refractivity contribution in [2.75, 3.05) is 6.26 Å². The van der Waals surface area contributed by atoms with Gasteiger partial charge in [0.15, 0.2) is 4.90 Å². The summed E-state index contributed by atoms with van der Waals surface area (Å²) in [5.74, 6) is 0. The Labute approximate surface area is 64.2 Å². The minimum absolute atomic E-state index is 0.821. The molecule has 0 unspecified atom stereocenters. The Kier molecular flexibility index (Phi) is 2.43. The van der Waals surface area contributed by atoms with Crippen molar-refractivity contribution in [2.24, 2.45) is 0 Å². The van der Waals surface area contributed by atoms with E-state index in [-0.39, 0.29) is 0 Å². The van der Waals surface area contributed by atoms with Crippen LogP contribution in [0.4, 0.5) is 0 Å². The number of halogens is 1. The Morgan fingerprint density at radius 2 is 2.22 bits per heavy atom. The lowest BCUT2D eigenvalue weighted by Crippen LogP contribution is -1.76. The van der Waals surface area contributed by atoms with Crippen LogP contribution >= 0.6 is 11.6 Å². The second-order valence-corrected chi connectivity index (χ2v) is 3.10. The van der Waals surface area contributed by atoms with Crippen molar-refractivity contribution in [3.8, 4) is 0 Å². The van der Waals surface area contributed by atoms with E-state index in [1.54, 1.807) is 0 Å². The topological polar surface area (TPSA) is 0 Å². The lowest BCUT2D eigenvalue weighted by Gasteiger charge is -1.86. The minimum Gasteiger partial charge on any atom is -0.0841 e. The molecule has 48 valence electrons. The van der Waals surface area contributed by atoms with Crippen LogP contribution in [0.5, 0.6) is 0 Å². The van der Waals surface area contributed by atoms with Gasteiger partial charge in [0.1, 0.15) is 6.26 Å². The van der Waals surface area contributed by atoms with E-state index in [9.17, 15) is 0 Å². The van der Waals surface area contributed by atoms with Crippen LogP contribution < -0.4 is 0 Å². The van der Waals surface area contributed by atoms with Gasteiger partial charge in [-0.25, -0.2) is 0 Å². The van der Waals surface area contributed by atoms with Gasteiger partial charge >= 0.3 is 0 Å². The summed E-state index contributed by atoms with van der Waals surface area (Å²) in [6, 6.07) is 7.89. The summed E-state index contributed by atoms with van der Waals surface area (Å²) in [6.45, 7) is 0. The Hall–Kier alpha value is -0.140. The molecule has 9 heavy (non-hydrogen) atoms. The summed E-state index contributed by atoms with van der Waals surface area (Å²) in [7, 11) is 0. The van der Waals surface area contributed by atoms with Crippen molar-refractivity contribution >= 4 is 23.4 Å². The van der Waals surface area contributed by atoms with Crippen LogP contribution in [-0.2, 0) is 11.8 Å². The highest BCUT2D eigenvalue weighted by Gasteiger charge is 1.95. The minimum atomic E-state index is 0.821. The first-order chi connectivity index (χ1) is 4.33. The van der Waals surface area contributed by atoms with Crippen LogP contribution in [0.2, 0.25) is 5.02 Å². The third kappa shape index (κ3) is 1.92. The zero-order valence-corrected chi connectivity index (χ0v) is 6.78. The summed E-state index contributed by atoms with van der Waals surface area (Å²) < 4.78 is 0. The fourth-order valence-electron chi connectivity index (χ4n) is 0.615. The molecule has 0 nitrogen and oxygen atoms in total. The maximum atomic E-state index is 5.72. The molecule has 0 spiro atoms. The molecule has 1 aromatic carbocycles. The Balaban J connectivity index is 2.94. The highest BCUT2D eigenvalue weighted by Crippen LogP contribution is 2.10. The molecular formula is C7H8ClS+. The predicted octanol–water partition coefficient (Wildman–Crippen LogP) is 2.14. The molecule has 0 aromatic heterocycles. The van der Waals surface area contributed by atoms with Crippen LogP contribution in [0, 0.1) is 0 Å². The summed E-state index contributed by atoms with van der Waals surface area (Å²) in [5, 5.41) is 0.821. The van der Waals surface area contributed by atoms with E-state index in [1.165, 1.54) is 16.7 Å². The van der Waals surface area contributed by atoms with Gasteiger partial charge in [0, 0.05) is 22.9 Å². The maximum Gasteiger partial charge on any atom is 0.153 e. The van der Waals surface area contributed by atoms with Crippen molar-refractivity contribution in [3.05, 3.63) is 29.3 Å². The molecule has 0 N–H and O–H groups in total. The van der Waals surface area contributed by atoms with E-state index in [4.69, 9.17) is 11.6 Å². The van der Waals surface area contributed by atoms with Crippen LogP contribution in [0.25, 0.3) is 0 Å². The van der Waals surface area contributed by atoms with Gasteiger partial charge < -0.3 is 0 Å². The fourth-order valence-corrected chi connectivity index (χ4v) is 1.38. The molecule has 0 fully saturated rings. The van der Waals surface area contributed by atoms with Gasteiger partial charge in [-0.2, -0.15) is 0 Å². The monoisotopic (exact) mass is 159 g/mol. The fraction of sp³-hybridized carbons (Fsp3) is 0.143. The predicted molar refractivity (Wildman–Crippen MR) is 44.4 cm³/mol. The molecule has 1 rings (SSSR count). The normalized spacial score (nSPS) is 9.56. The quantitative estimate of drug-likeness (QED) is 0.435. The highest BCUT2D eigenvalue weighted by atomic mass is 35.5. The summed E-state index contributed by atoms with van der Waals surface area (Å²) in [4.78, 5) is 1.27. The lowest BCUT2D eigenvalue weighted by atomic mass is 10.4. The van der Waals surface area contributed by atoms with Gasteiger partial charge in [-0.15, -0.1) is 0 Å². The van der Waals surface area contributed by atoms with Gasteiger partial charge in [-0.3, -0.25) is 0 Å². The van der Waals surface area contributed by atoms with Crippen molar-refractivity contribution in [1.82, 2.24) is 0 Å². The summed E-state index contributed by atoms with van der Waals surface area (Å²) >= 11 is 6.99. The van der Waals surface area contributed by atoms with Crippen molar-refractivity contribution < 1.29 is 0 Å². The molecule has 0 aliphatic rings. The van der Waals surface area contributed by atoms with E-state index < -0.39 is 0 Å². The largest absolute Gasteiger partial charge is 0.153 e. The number of benzene rings is 1. The van der Waals surface area contributed by atoms with E-state index in [0.29, 0.717) is 0 Å². The number of rotatable bonds is 1.